The van der Waals surface area contributed by atoms with E-state index < -0.39 is 7.32 Å². The van der Waals surface area contributed by atoms with Crippen molar-refractivity contribution < 1.29 is 14.0 Å². The Morgan fingerprint density at radius 1 is 0.625 bits per heavy atom. The summed E-state index contributed by atoms with van der Waals surface area (Å²) in [6.45, 7) is 14.9. The van der Waals surface area contributed by atoms with Gasteiger partial charge in [-0.2, -0.15) is 0 Å². The highest BCUT2D eigenvalue weighted by Gasteiger charge is 2.07. The van der Waals surface area contributed by atoms with E-state index in [4.69, 9.17) is 14.0 Å². The molecule has 0 heterocycles. The zero-order chi connectivity index (χ0) is 12.6. The minimum atomic E-state index is -1.34. The zero-order valence-electron chi connectivity index (χ0n) is 11.8. The summed E-state index contributed by atoms with van der Waals surface area (Å²) in [6.07, 6.45) is 0. The van der Waals surface area contributed by atoms with E-state index in [1.165, 1.54) is 0 Å². The van der Waals surface area contributed by atoms with Gasteiger partial charge in [0.05, 0.1) is 0 Å². The molecular formula is C12H28BO3-. The van der Waals surface area contributed by atoms with Crippen LogP contribution in [0.3, 0.4) is 0 Å². The molecule has 0 aromatic heterocycles. The Bertz CT molecular complexity index is 132. The van der Waals surface area contributed by atoms with Gasteiger partial charge >= 0.3 is 7.32 Å². The fraction of sp³-hybridized carbons (Fsp3) is 1.00. The van der Waals surface area contributed by atoms with Gasteiger partial charge in [-0.25, -0.2) is 0 Å². The van der Waals surface area contributed by atoms with Crippen LogP contribution in [0.1, 0.15) is 41.5 Å². The van der Waals surface area contributed by atoms with Crippen LogP contribution >= 0.6 is 0 Å². The second-order valence-corrected chi connectivity index (χ2v) is 5.65. The summed E-state index contributed by atoms with van der Waals surface area (Å²) in [6, 6.07) is 0. The maximum atomic E-state index is 5.64. The average molecular weight is 231 g/mol. The molecule has 0 aromatic rings. The zero-order valence-corrected chi connectivity index (χ0v) is 11.8. The largest absolute Gasteiger partial charge is 0.547 e. The molecule has 98 valence electrons. The van der Waals surface area contributed by atoms with Gasteiger partial charge in [0.25, 0.3) is 0 Å². The van der Waals surface area contributed by atoms with Crippen molar-refractivity contribution in [1.29, 1.82) is 0 Å². The molecule has 0 saturated carbocycles. The van der Waals surface area contributed by atoms with Crippen molar-refractivity contribution in [3.8, 4) is 0 Å². The van der Waals surface area contributed by atoms with Crippen molar-refractivity contribution >= 4 is 7.32 Å². The normalized spacial score (nSPS) is 12.4. The molecule has 0 N–H and O–H groups in total. The van der Waals surface area contributed by atoms with Gasteiger partial charge in [0.2, 0.25) is 0 Å². The fourth-order valence-corrected chi connectivity index (χ4v) is 1.17. The molecule has 0 saturated heterocycles. The first-order valence-electron chi connectivity index (χ1n) is 6.42. The molecule has 0 aromatic carbocycles. The van der Waals surface area contributed by atoms with Gasteiger partial charge < -0.3 is 14.0 Å². The monoisotopic (exact) mass is 231 g/mol. The third-order valence-corrected chi connectivity index (χ3v) is 1.85. The van der Waals surface area contributed by atoms with Crippen molar-refractivity contribution in [3.05, 3.63) is 0 Å². The van der Waals surface area contributed by atoms with Crippen molar-refractivity contribution in [3.63, 3.8) is 0 Å². The lowest BCUT2D eigenvalue weighted by Crippen LogP contribution is -2.31. The van der Waals surface area contributed by atoms with E-state index in [1.54, 1.807) is 0 Å². The molecule has 0 radical (unpaired) electrons. The molecule has 0 fully saturated rings. The molecule has 0 aliphatic carbocycles. The molecule has 4 heteroatoms. The molecular weight excluding hydrogens is 203 g/mol. The van der Waals surface area contributed by atoms with Crippen LogP contribution < -0.4 is 0 Å². The summed E-state index contributed by atoms with van der Waals surface area (Å²) in [5.74, 6) is 1.54. The highest BCUT2D eigenvalue weighted by atomic mass is 16.7. The SMILES string of the molecule is CC(C)CO[BH-](OCC(C)C)OCC(C)C. The van der Waals surface area contributed by atoms with E-state index in [0.29, 0.717) is 37.6 Å². The lowest BCUT2D eigenvalue weighted by Gasteiger charge is -2.30. The van der Waals surface area contributed by atoms with Crippen LogP contribution in [0.25, 0.3) is 0 Å². The average Bonchev–Trinajstić information content (AvgIpc) is 2.15. The Hall–Kier alpha value is -0.0551. The van der Waals surface area contributed by atoms with E-state index in [0.717, 1.165) is 0 Å². The van der Waals surface area contributed by atoms with Crippen LogP contribution in [0.4, 0.5) is 0 Å². The smallest absolute Gasteiger partial charge is 0.364 e. The summed E-state index contributed by atoms with van der Waals surface area (Å²) < 4.78 is 16.9. The molecule has 0 bridgehead atoms. The van der Waals surface area contributed by atoms with E-state index in [2.05, 4.69) is 41.5 Å². The van der Waals surface area contributed by atoms with Gasteiger partial charge in [0, 0.05) is 19.8 Å². The second kappa shape index (κ2) is 9.02. The standard InChI is InChI=1S/C12H28BO3/c1-10(2)7-14-13(15-8-11(3)4)16-9-12(5)6/h10-13H,7-9H2,1-6H3/q-1. The molecule has 0 rings (SSSR count). The molecule has 0 atom stereocenters. The van der Waals surface area contributed by atoms with Gasteiger partial charge in [-0.05, 0) is 17.8 Å². The van der Waals surface area contributed by atoms with Gasteiger partial charge in [0.1, 0.15) is 0 Å². The first-order chi connectivity index (χ1) is 7.41. The molecule has 0 spiro atoms. The van der Waals surface area contributed by atoms with E-state index in [-0.39, 0.29) is 0 Å². The van der Waals surface area contributed by atoms with E-state index in [9.17, 15) is 0 Å². The lowest BCUT2D eigenvalue weighted by atomic mass is 10.1. The van der Waals surface area contributed by atoms with E-state index in [1.807, 2.05) is 0 Å². The topological polar surface area (TPSA) is 27.7 Å². The van der Waals surface area contributed by atoms with Crippen molar-refractivity contribution in [1.82, 2.24) is 0 Å². The van der Waals surface area contributed by atoms with Crippen molar-refractivity contribution in [2.75, 3.05) is 19.8 Å². The molecule has 0 aliphatic rings. The molecule has 3 nitrogen and oxygen atoms in total. The first kappa shape index (κ1) is 15.9. The fourth-order valence-electron chi connectivity index (χ4n) is 1.17. The second-order valence-electron chi connectivity index (χ2n) is 5.65. The maximum Gasteiger partial charge on any atom is 0.364 e. The van der Waals surface area contributed by atoms with Gasteiger partial charge in [-0.3, -0.25) is 0 Å². The van der Waals surface area contributed by atoms with Crippen molar-refractivity contribution in [2.45, 2.75) is 41.5 Å². The summed E-state index contributed by atoms with van der Waals surface area (Å²) in [4.78, 5) is 0. The van der Waals surface area contributed by atoms with Gasteiger partial charge in [-0.15, -0.1) is 0 Å². The van der Waals surface area contributed by atoms with Crippen LogP contribution in [-0.2, 0) is 14.0 Å². The summed E-state index contributed by atoms with van der Waals surface area (Å²) >= 11 is 0. The van der Waals surface area contributed by atoms with Crippen LogP contribution in [0.5, 0.6) is 0 Å². The summed E-state index contributed by atoms with van der Waals surface area (Å²) in [5.41, 5.74) is 0. The van der Waals surface area contributed by atoms with Crippen molar-refractivity contribution in [2.24, 2.45) is 17.8 Å². The third-order valence-electron chi connectivity index (χ3n) is 1.85. The van der Waals surface area contributed by atoms with Crippen LogP contribution in [-0.4, -0.2) is 27.1 Å². The van der Waals surface area contributed by atoms with Gasteiger partial charge in [0.15, 0.2) is 0 Å². The Kier molecular flexibility index (Phi) is 8.99. The molecule has 16 heavy (non-hydrogen) atoms. The minimum Gasteiger partial charge on any atom is -0.547 e. The quantitative estimate of drug-likeness (QED) is 0.571. The molecule has 0 unspecified atom stereocenters. The number of rotatable bonds is 9. The summed E-state index contributed by atoms with van der Waals surface area (Å²) in [7, 11) is -1.34. The maximum absolute atomic E-state index is 5.64. The molecule has 0 aliphatic heterocycles. The number of hydrogen-bond acceptors (Lipinski definition) is 3. The highest BCUT2D eigenvalue weighted by Crippen LogP contribution is 2.03. The minimum absolute atomic E-state index is 0.514. The highest BCUT2D eigenvalue weighted by molar-refractivity contribution is 6.36. The van der Waals surface area contributed by atoms with Crippen LogP contribution in [0, 0.1) is 17.8 Å². The molecule has 0 amide bonds. The third kappa shape index (κ3) is 10.5. The van der Waals surface area contributed by atoms with Crippen LogP contribution in [0.2, 0.25) is 0 Å². The Labute approximate surface area is 101 Å². The predicted molar refractivity (Wildman–Crippen MR) is 69.5 cm³/mol. The first-order valence-corrected chi connectivity index (χ1v) is 6.42. The predicted octanol–water partition coefficient (Wildman–Crippen LogP) is 2.72. The van der Waals surface area contributed by atoms with E-state index >= 15 is 0 Å². The Morgan fingerprint density at radius 2 is 0.875 bits per heavy atom. The van der Waals surface area contributed by atoms with Gasteiger partial charge in [-0.1, -0.05) is 41.5 Å². The lowest BCUT2D eigenvalue weighted by molar-refractivity contribution is 0.0680. The Balaban J connectivity index is 3.85. The number of hydrogen-bond donors (Lipinski definition) is 0. The van der Waals surface area contributed by atoms with Crippen LogP contribution in [0.15, 0.2) is 0 Å². The Morgan fingerprint density at radius 3 is 1.06 bits per heavy atom. The summed E-state index contributed by atoms with van der Waals surface area (Å²) in [5, 5.41) is 0.